The van der Waals surface area contributed by atoms with Gasteiger partial charge in [-0.15, -0.1) is 0 Å². The van der Waals surface area contributed by atoms with E-state index in [-0.39, 0.29) is 11.6 Å². The number of rotatable bonds is 4. The second-order valence-electron chi connectivity index (χ2n) is 3.58. The van der Waals surface area contributed by atoms with Crippen molar-refractivity contribution >= 4 is 17.5 Å². The Labute approximate surface area is 110 Å². The van der Waals surface area contributed by atoms with Gasteiger partial charge in [0.05, 0.1) is 7.11 Å². The number of benzene rings is 1. The zero-order valence-corrected chi connectivity index (χ0v) is 10.2. The van der Waals surface area contributed by atoms with E-state index in [1.165, 1.54) is 6.07 Å². The summed E-state index contributed by atoms with van der Waals surface area (Å²) in [6.07, 6.45) is 0. The molecule has 2 rings (SSSR count). The van der Waals surface area contributed by atoms with Crippen molar-refractivity contribution in [2.24, 2.45) is 5.84 Å². The highest BCUT2D eigenvalue weighted by Gasteiger charge is 2.04. The van der Waals surface area contributed by atoms with Crippen LogP contribution in [0.1, 0.15) is 5.69 Å². The van der Waals surface area contributed by atoms with E-state index in [9.17, 15) is 0 Å². The van der Waals surface area contributed by atoms with Crippen LogP contribution in [0.3, 0.4) is 0 Å². The van der Waals surface area contributed by atoms with Crippen LogP contribution in [0.4, 0.5) is 17.5 Å². The Kier molecular flexibility index (Phi) is 3.75. The second-order valence-corrected chi connectivity index (χ2v) is 3.58. The van der Waals surface area contributed by atoms with Crippen molar-refractivity contribution in [2.75, 3.05) is 17.9 Å². The minimum absolute atomic E-state index is 0.171. The Hall–Kier alpha value is -2.85. The number of nitriles is 1. The first-order valence-corrected chi connectivity index (χ1v) is 5.42. The summed E-state index contributed by atoms with van der Waals surface area (Å²) >= 11 is 0. The monoisotopic (exact) mass is 256 g/mol. The fraction of sp³-hybridized carbons (Fsp3) is 0.0833. The summed E-state index contributed by atoms with van der Waals surface area (Å²) in [6.45, 7) is 0. The van der Waals surface area contributed by atoms with Crippen LogP contribution in [0.5, 0.6) is 5.75 Å². The lowest BCUT2D eigenvalue weighted by Gasteiger charge is -2.08. The van der Waals surface area contributed by atoms with Gasteiger partial charge < -0.3 is 10.1 Å². The van der Waals surface area contributed by atoms with Crippen molar-refractivity contribution < 1.29 is 4.74 Å². The molecule has 7 heteroatoms. The molecular formula is C12H12N6O. The van der Waals surface area contributed by atoms with Gasteiger partial charge in [0.1, 0.15) is 23.3 Å². The number of hydrogen-bond donors (Lipinski definition) is 3. The smallest absolute Gasteiger partial charge is 0.240 e. The van der Waals surface area contributed by atoms with Crippen molar-refractivity contribution in [1.82, 2.24) is 9.97 Å². The Morgan fingerprint density at radius 2 is 2.16 bits per heavy atom. The Morgan fingerprint density at radius 3 is 2.84 bits per heavy atom. The number of nitrogens with zero attached hydrogens (tertiary/aromatic N) is 3. The van der Waals surface area contributed by atoms with Crippen molar-refractivity contribution in [3.63, 3.8) is 0 Å². The first kappa shape index (κ1) is 12.6. The highest BCUT2D eigenvalue weighted by atomic mass is 16.5. The first-order chi connectivity index (χ1) is 9.25. The zero-order chi connectivity index (χ0) is 13.7. The third-order valence-corrected chi connectivity index (χ3v) is 2.31. The fourth-order valence-electron chi connectivity index (χ4n) is 1.48. The van der Waals surface area contributed by atoms with E-state index in [0.29, 0.717) is 5.82 Å². The summed E-state index contributed by atoms with van der Waals surface area (Å²) in [6, 6.07) is 10.8. The summed E-state index contributed by atoms with van der Waals surface area (Å²) in [5.74, 6) is 6.60. The molecule has 0 unspecified atom stereocenters. The molecule has 0 aliphatic rings. The van der Waals surface area contributed by atoms with Gasteiger partial charge in [-0.05, 0) is 12.1 Å². The molecule has 1 aromatic heterocycles. The molecular weight excluding hydrogens is 244 g/mol. The van der Waals surface area contributed by atoms with E-state index in [4.69, 9.17) is 15.8 Å². The van der Waals surface area contributed by atoms with Crippen LogP contribution >= 0.6 is 0 Å². The molecule has 1 heterocycles. The lowest BCUT2D eigenvalue weighted by molar-refractivity contribution is 0.415. The van der Waals surface area contributed by atoms with Gasteiger partial charge in [0.25, 0.3) is 0 Å². The SMILES string of the molecule is COc1cccc(Nc2cc(C#N)nc(NN)n2)c1. The second kappa shape index (κ2) is 5.66. The average Bonchev–Trinajstić information content (AvgIpc) is 2.47. The third kappa shape index (κ3) is 3.08. The van der Waals surface area contributed by atoms with Gasteiger partial charge in [0.2, 0.25) is 5.95 Å². The minimum atomic E-state index is 0.171. The van der Waals surface area contributed by atoms with Gasteiger partial charge in [-0.3, -0.25) is 5.43 Å². The maximum atomic E-state index is 8.87. The largest absolute Gasteiger partial charge is 0.497 e. The van der Waals surface area contributed by atoms with Gasteiger partial charge in [-0.25, -0.2) is 10.8 Å². The number of nitrogens with one attached hydrogen (secondary N) is 2. The maximum Gasteiger partial charge on any atom is 0.240 e. The Morgan fingerprint density at radius 1 is 1.32 bits per heavy atom. The van der Waals surface area contributed by atoms with Crippen LogP contribution < -0.4 is 21.3 Å². The fourth-order valence-corrected chi connectivity index (χ4v) is 1.48. The predicted molar refractivity (Wildman–Crippen MR) is 70.8 cm³/mol. The zero-order valence-electron chi connectivity index (χ0n) is 10.2. The molecule has 0 atom stereocenters. The van der Waals surface area contributed by atoms with E-state index in [1.54, 1.807) is 7.11 Å². The van der Waals surface area contributed by atoms with Crippen LogP contribution in [-0.2, 0) is 0 Å². The summed E-state index contributed by atoms with van der Waals surface area (Å²) in [7, 11) is 1.59. The van der Waals surface area contributed by atoms with Crippen LogP contribution in [-0.4, -0.2) is 17.1 Å². The number of anilines is 3. The van der Waals surface area contributed by atoms with Gasteiger partial charge >= 0.3 is 0 Å². The van der Waals surface area contributed by atoms with Crippen LogP contribution in [0, 0.1) is 11.3 Å². The molecule has 2 aromatic rings. The first-order valence-electron chi connectivity index (χ1n) is 5.42. The van der Waals surface area contributed by atoms with Gasteiger partial charge in [0, 0.05) is 17.8 Å². The molecule has 4 N–H and O–H groups in total. The number of ether oxygens (including phenoxy) is 1. The number of methoxy groups -OCH3 is 1. The van der Waals surface area contributed by atoms with E-state index >= 15 is 0 Å². The van der Waals surface area contributed by atoms with Gasteiger partial charge in [-0.2, -0.15) is 10.2 Å². The molecule has 0 spiro atoms. The van der Waals surface area contributed by atoms with E-state index in [2.05, 4.69) is 20.7 Å². The molecule has 96 valence electrons. The van der Waals surface area contributed by atoms with E-state index < -0.39 is 0 Å². The van der Waals surface area contributed by atoms with Crippen molar-refractivity contribution in [3.8, 4) is 11.8 Å². The van der Waals surface area contributed by atoms with Gasteiger partial charge in [0.15, 0.2) is 0 Å². The number of nitrogens with two attached hydrogens (primary N) is 1. The van der Waals surface area contributed by atoms with Crippen molar-refractivity contribution in [3.05, 3.63) is 36.0 Å². The molecule has 0 radical (unpaired) electrons. The Balaban J connectivity index is 2.29. The number of aromatic nitrogens is 2. The molecule has 0 bridgehead atoms. The van der Waals surface area contributed by atoms with E-state index in [1.807, 2.05) is 30.3 Å². The highest BCUT2D eigenvalue weighted by Crippen LogP contribution is 2.21. The minimum Gasteiger partial charge on any atom is -0.497 e. The molecule has 19 heavy (non-hydrogen) atoms. The normalized spacial score (nSPS) is 9.53. The maximum absolute atomic E-state index is 8.87. The molecule has 0 amide bonds. The summed E-state index contributed by atoms with van der Waals surface area (Å²) < 4.78 is 5.12. The summed E-state index contributed by atoms with van der Waals surface area (Å²) in [4.78, 5) is 7.97. The van der Waals surface area contributed by atoms with Gasteiger partial charge in [-0.1, -0.05) is 6.07 Å². The number of hydrogen-bond acceptors (Lipinski definition) is 7. The summed E-state index contributed by atoms with van der Waals surface area (Å²) in [5.41, 5.74) is 3.31. The number of hydrazine groups is 1. The van der Waals surface area contributed by atoms with E-state index in [0.717, 1.165) is 11.4 Å². The third-order valence-electron chi connectivity index (χ3n) is 2.31. The number of nitrogen functional groups attached to an aromatic ring is 1. The molecule has 0 fully saturated rings. The molecule has 0 saturated heterocycles. The lowest BCUT2D eigenvalue weighted by Crippen LogP contribution is -2.12. The standard InChI is InChI=1S/C12H12N6O/c1-19-10-4-2-3-8(5-10)15-11-6-9(7-13)16-12(17-11)18-14/h2-6H,14H2,1H3,(H2,15,16,17,18). The molecule has 7 nitrogen and oxygen atoms in total. The topological polar surface area (TPSA) is 109 Å². The highest BCUT2D eigenvalue weighted by molar-refractivity contribution is 5.60. The quantitative estimate of drug-likeness (QED) is 0.560. The van der Waals surface area contributed by atoms with Crippen LogP contribution in [0.15, 0.2) is 30.3 Å². The molecule has 0 aliphatic carbocycles. The van der Waals surface area contributed by atoms with Crippen LogP contribution in [0.25, 0.3) is 0 Å². The molecule has 0 aliphatic heterocycles. The van der Waals surface area contributed by atoms with Crippen molar-refractivity contribution in [2.45, 2.75) is 0 Å². The summed E-state index contributed by atoms with van der Waals surface area (Å²) in [5, 5.41) is 11.9. The average molecular weight is 256 g/mol. The predicted octanol–water partition coefficient (Wildman–Crippen LogP) is 1.39. The molecule has 0 saturated carbocycles. The van der Waals surface area contributed by atoms with Crippen molar-refractivity contribution in [1.29, 1.82) is 5.26 Å². The Bertz CT molecular complexity index is 622. The molecule has 1 aromatic carbocycles. The lowest BCUT2D eigenvalue weighted by atomic mass is 10.3. The van der Waals surface area contributed by atoms with Crippen LogP contribution in [0.2, 0.25) is 0 Å².